The predicted molar refractivity (Wildman–Crippen MR) is 99.1 cm³/mol. The van der Waals surface area contributed by atoms with Crippen molar-refractivity contribution in [2.75, 3.05) is 18.4 Å². The molecule has 0 radical (unpaired) electrons. The molecule has 2 amide bonds. The summed E-state index contributed by atoms with van der Waals surface area (Å²) in [5.41, 5.74) is 7.17. The van der Waals surface area contributed by atoms with Crippen LogP contribution in [0.15, 0.2) is 30.3 Å². The number of benzene rings is 1. The Morgan fingerprint density at radius 1 is 1.28 bits per heavy atom. The van der Waals surface area contributed by atoms with Gasteiger partial charge >= 0.3 is 0 Å². The summed E-state index contributed by atoms with van der Waals surface area (Å²) in [6.07, 6.45) is 0. The molecule has 0 aliphatic carbocycles. The van der Waals surface area contributed by atoms with Crippen molar-refractivity contribution in [1.82, 2.24) is 15.1 Å². The Hall–Kier alpha value is -2.71. The standard InChI is InChI=1S/C17H19N5O2S/c1-10-12-9-14(25-17(12)22(2)21-10)16(24)20-13-6-4-3-5-11(13)15(23)19-8-7-18/h3-6,9H,7-8,18H2,1-2H3,(H,19,23)(H,20,24). The molecule has 4 N–H and O–H groups in total. The van der Waals surface area contributed by atoms with Gasteiger partial charge in [-0.25, -0.2) is 0 Å². The molecule has 0 spiro atoms. The number of thiophene rings is 1. The predicted octanol–water partition coefficient (Wildman–Crippen LogP) is 1.88. The van der Waals surface area contributed by atoms with Gasteiger partial charge < -0.3 is 16.4 Å². The molecule has 0 atom stereocenters. The van der Waals surface area contributed by atoms with Crippen LogP contribution in [-0.4, -0.2) is 34.7 Å². The van der Waals surface area contributed by atoms with Crippen LogP contribution in [-0.2, 0) is 7.05 Å². The highest BCUT2D eigenvalue weighted by Gasteiger charge is 2.17. The monoisotopic (exact) mass is 357 g/mol. The number of hydrogen-bond acceptors (Lipinski definition) is 5. The zero-order chi connectivity index (χ0) is 18.0. The van der Waals surface area contributed by atoms with Gasteiger partial charge in [-0.15, -0.1) is 11.3 Å². The van der Waals surface area contributed by atoms with Crippen LogP contribution < -0.4 is 16.4 Å². The third-order valence-corrected chi connectivity index (χ3v) is 4.97. The van der Waals surface area contributed by atoms with E-state index in [1.54, 1.807) is 28.9 Å². The summed E-state index contributed by atoms with van der Waals surface area (Å²) in [6.45, 7) is 2.65. The highest BCUT2D eigenvalue weighted by Crippen LogP contribution is 2.28. The van der Waals surface area contributed by atoms with Crippen molar-refractivity contribution in [3.8, 4) is 0 Å². The molecule has 3 rings (SSSR count). The molecule has 0 aliphatic heterocycles. The number of nitrogens with two attached hydrogens (primary N) is 1. The van der Waals surface area contributed by atoms with Crippen molar-refractivity contribution >= 4 is 39.1 Å². The molecule has 0 fully saturated rings. The van der Waals surface area contributed by atoms with Gasteiger partial charge in [-0.1, -0.05) is 12.1 Å². The first-order chi connectivity index (χ1) is 12.0. The third-order valence-electron chi connectivity index (χ3n) is 3.77. The van der Waals surface area contributed by atoms with E-state index in [0.717, 1.165) is 15.9 Å². The molecule has 1 aromatic carbocycles. The second-order valence-electron chi connectivity index (χ2n) is 5.58. The van der Waals surface area contributed by atoms with Crippen molar-refractivity contribution in [3.05, 3.63) is 46.5 Å². The minimum absolute atomic E-state index is 0.250. The molecule has 0 saturated heterocycles. The van der Waals surface area contributed by atoms with Crippen LogP contribution in [0.25, 0.3) is 10.2 Å². The zero-order valence-electron chi connectivity index (χ0n) is 14.0. The molecule has 2 heterocycles. The Labute approximate surface area is 148 Å². The molecule has 130 valence electrons. The van der Waals surface area contributed by atoms with Gasteiger partial charge in [0.2, 0.25) is 0 Å². The SMILES string of the molecule is Cc1nn(C)c2sc(C(=O)Nc3ccccc3C(=O)NCCN)cc12. The summed E-state index contributed by atoms with van der Waals surface area (Å²) in [5.74, 6) is -0.516. The average Bonchev–Trinajstić information content (AvgIpc) is 3.15. The topological polar surface area (TPSA) is 102 Å². The molecule has 25 heavy (non-hydrogen) atoms. The summed E-state index contributed by atoms with van der Waals surface area (Å²) < 4.78 is 1.76. The lowest BCUT2D eigenvalue weighted by Gasteiger charge is -2.10. The van der Waals surface area contributed by atoms with Crippen molar-refractivity contribution in [1.29, 1.82) is 0 Å². The van der Waals surface area contributed by atoms with Crippen LogP contribution in [0.4, 0.5) is 5.69 Å². The van der Waals surface area contributed by atoms with E-state index in [2.05, 4.69) is 15.7 Å². The average molecular weight is 357 g/mol. The molecule has 0 bridgehead atoms. The number of para-hydroxylation sites is 1. The molecule has 0 saturated carbocycles. The Morgan fingerprint density at radius 2 is 2.04 bits per heavy atom. The Kier molecular flexibility index (Phi) is 4.82. The second-order valence-corrected chi connectivity index (χ2v) is 6.61. The first-order valence-electron chi connectivity index (χ1n) is 7.83. The number of rotatable bonds is 5. The number of aromatic nitrogens is 2. The van der Waals surface area contributed by atoms with E-state index in [9.17, 15) is 9.59 Å². The Morgan fingerprint density at radius 3 is 2.76 bits per heavy atom. The molecule has 0 unspecified atom stereocenters. The van der Waals surface area contributed by atoms with Gasteiger partial charge in [-0.2, -0.15) is 5.10 Å². The Balaban J connectivity index is 1.85. The molecule has 3 aromatic rings. The van der Waals surface area contributed by atoms with Gasteiger partial charge in [0, 0.05) is 25.5 Å². The van der Waals surface area contributed by atoms with E-state index in [-0.39, 0.29) is 11.8 Å². The third kappa shape index (κ3) is 3.40. The highest BCUT2D eigenvalue weighted by atomic mass is 32.1. The maximum atomic E-state index is 12.6. The summed E-state index contributed by atoms with van der Waals surface area (Å²) in [4.78, 5) is 26.3. The van der Waals surface area contributed by atoms with Crippen LogP contribution >= 0.6 is 11.3 Å². The van der Waals surface area contributed by atoms with Crippen molar-refractivity contribution in [2.24, 2.45) is 12.8 Å². The minimum Gasteiger partial charge on any atom is -0.351 e. The number of nitrogens with one attached hydrogen (secondary N) is 2. The number of fused-ring (bicyclic) bond motifs is 1. The fraction of sp³-hybridized carbons (Fsp3) is 0.235. The lowest BCUT2D eigenvalue weighted by molar-refractivity contribution is 0.0955. The van der Waals surface area contributed by atoms with Crippen molar-refractivity contribution in [2.45, 2.75) is 6.92 Å². The van der Waals surface area contributed by atoms with E-state index in [0.29, 0.717) is 29.2 Å². The fourth-order valence-electron chi connectivity index (χ4n) is 2.57. The minimum atomic E-state index is -0.266. The number of anilines is 1. The first kappa shape index (κ1) is 17.1. The summed E-state index contributed by atoms with van der Waals surface area (Å²) in [6, 6.07) is 8.72. The number of amides is 2. The largest absolute Gasteiger partial charge is 0.351 e. The van der Waals surface area contributed by atoms with Gasteiger partial charge in [0.15, 0.2) is 0 Å². The van der Waals surface area contributed by atoms with E-state index >= 15 is 0 Å². The zero-order valence-corrected chi connectivity index (χ0v) is 14.8. The van der Waals surface area contributed by atoms with E-state index < -0.39 is 0 Å². The van der Waals surface area contributed by atoms with E-state index in [4.69, 9.17) is 5.73 Å². The molecular weight excluding hydrogens is 338 g/mol. The molecule has 2 aromatic heterocycles. The first-order valence-corrected chi connectivity index (χ1v) is 8.64. The molecule has 7 nitrogen and oxygen atoms in total. The van der Waals surface area contributed by atoms with E-state index in [1.807, 2.05) is 20.0 Å². The normalized spacial score (nSPS) is 10.8. The van der Waals surface area contributed by atoms with Gasteiger partial charge in [0.1, 0.15) is 4.83 Å². The lowest BCUT2D eigenvalue weighted by atomic mass is 10.1. The van der Waals surface area contributed by atoms with Gasteiger partial charge in [-0.3, -0.25) is 14.3 Å². The molecular formula is C17H19N5O2S. The number of aryl methyl sites for hydroxylation is 2. The smallest absolute Gasteiger partial charge is 0.265 e. The van der Waals surface area contributed by atoms with Crippen LogP contribution in [0.3, 0.4) is 0 Å². The van der Waals surface area contributed by atoms with Gasteiger partial charge in [-0.05, 0) is 25.1 Å². The summed E-state index contributed by atoms with van der Waals surface area (Å²) >= 11 is 1.37. The molecule has 0 aliphatic rings. The number of nitrogens with zero attached hydrogens (tertiary/aromatic N) is 2. The van der Waals surface area contributed by atoms with Crippen LogP contribution in [0.5, 0.6) is 0 Å². The Bertz CT molecular complexity index is 909. The van der Waals surface area contributed by atoms with Gasteiger partial charge in [0.25, 0.3) is 11.8 Å². The number of carbonyl (C=O) groups excluding carboxylic acids is 2. The summed E-state index contributed by atoms with van der Waals surface area (Å²) in [7, 11) is 1.85. The number of carbonyl (C=O) groups is 2. The number of hydrogen-bond donors (Lipinski definition) is 3. The highest BCUT2D eigenvalue weighted by molar-refractivity contribution is 7.20. The van der Waals surface area contributed by atoms with Crippen molar-refractivity contribution in [3.63, 3.8) is 0 Å². The van der Waals surface area contributed by atoms with Gasteiger partial charge in [0.05, 0.1) is 21.8 Å². The molecule has 8 heteroatoms. The van der Waals surface area contributed by atoms with Crippen molar-refractivity contribution < 1.29 is 9.59 Å². The van der Waals surface area contributed by atoms with Crippen LogP contribution in [0, 0.1) is 6.92 Å². The maximum absolute atomic E-state index is 12.6. The fourth-order valence-corrected chi connectivity index (χ4v) is 3.59. The maximum Gasteiger partial charge on any atom is 0.265 e. The summed E-state index contributed by atoms with van der Waals surface area (Å²) in [5, 5.41) is 10.8. The lowest BCUT2D eigenvalue weighted by Crippen LogP contribution is -2.29. The van der Waals surface area contributed by atoms with Crippen LogP contribution in [0.2, 0.25) is 0 Å². The van der Waals surface area contributed by atoms with Crippen LogP contribution in [0.1, 0.15) is 25.7 Å². The second kappa shape index (κ2) is 7.04. The van der Waals surface area contributed by atoms with E-state index in [1.165, 1.54) is 11.3 Å². The quantitative estimate of drug-likeness (QED) is 0.649.